The summed E-state index contributed by atoms with van der Waals surface area (Å²) in [6.07, 6.45) is 1.09. The maximum atomic E-state index is 12.7. The van der Waals surface area contributed by atoms with Crippen molar-refractivity contribution in [2.75, 3.05) is 0 Å². The van der Waals surface area contributed by atoms with Gasteiger partial charge in [0.15, 0.2) is 5.69 Å². The second-order valence-corrected chi connectivity index (χ2v) is 5.38. The second kappa shape index (κ2) is 7.65. The van der Waals surface area contributed by atoms with Crippen molar-refractivity contribution in [3.63, 3.8) is 0 Å². The summed E-state index contributed by atoms with van der Waals surface area (Å²) in [5.41, 5.74) is 4.39. The average molecular weight is 319 g/mol. The number of aromatic nitrogens is 2. The SMILES string of the molecule is CC.Cc1nc(C(F)(F)F)cn1[C@@H](CC1CCCC1)C(N)=O. The third kappa shape index (κ3) is 4.48. The van der Waals surface area contributed by atoms with Crippen molar-refractivity contribution < 1.29 is 18.0 Å². The van der Waals surface area contributed by atoms with Gasteiger partial charge in [0.1, 0.15) is 11.9 Å². The number of carbonyl (C=O) groups is 1. The van der Waals surface area contributed by atoms with Crippen LogP contribution >= 0.6 is 0 Å². The van der Waals surface area contributed by atoms with E-state index >= 15 is 0 Å². The minimum Gasteiger partial charge on any atom is -0.368 e. The van der Waals surface area contributed by atoms with Crippen molar-refractivity contribution in [2.45, 2.75) is 65.1 Å². The van der Waals surface area contributed by atoms with Crippen LogP contribution in [0.4, 0.5) is 13.2 Å². The number of carbonyl (C=O) groups excluding carboxylic acids is 1. The Bertz CT molecular complexity index is 491. The molecule has 7 heteroatoms. The average Bonchev–Trinajstić information content (AvgIpc) is 3.07. The summed E-state index contributed by atoms with van der Waals surface area (Å²) >= 11 is 0. The highest BCUT2D eigenvalue weighted by molar-refractivity contribution is 5.78. The molecule has 1 amide bonds. The highest BCUT2D eigenvalue weighted by Gasteiger charge is 2.36. The van der Waals surface area contributed by atoms with Crippen LogP contribution in [-0.2, 0) is 11.0 Å². The molecular weight excluding hydrogens is 295 g/mol. The molecule has 1 atom stereocenters. The topological polar surface area (TPSA) is 60.9 Å². The molecule has 1 saturated carbocycles. The van der Waals surface area contributed by atoms with Crippen LogP contribution in [0.1, 0.15) is 63.5 Å². The summed E-state index contributed by atoms with van der Waals surface area (Å²) in [5, 5.41) is 0. The summed E-state index contributed by atoms with van der Waals surface area (Å²) in [6.45, 7) is 5.46. The molecule has 0 aromatic carbocycles. The Labute approximate surface area is 128 Å². The minimum atomic E-state index is -4.51. The van der Waals surface area contributed by atoms with E-state index in [2.05, 4.69) is 4.98 Å². The molecule has 0 radical (unpaired) electrons. The summed E-state index contributed by atoms with van der Waals surface area (Å²) in [6, 6.07) is -0.748. The van der Waals surface area contributed by atoms with Gasteiger partial charge in [-0.25, -0.2) is 4.98 Å². The molecule has 0 saturated heterocycles. The van der Waals surface area contributed by atoms with E-state index in [1.807, 2.05) is 13.8 Å². The largest absolute Gasteiger partial charge is 0.434 e. The number of amides is 1. The molecule has 2 rings (SSSR count). The van der Waals surface area contributed by atoms with Gasteiger partial charge in [-0.2, -0.15) is 13.2 Å². The molecule has 1 aromatic heterocycles. The Morgan fingerprint density at radius 1 is 1.41 bits per heavy atom. The summed E-state index contributed by atoms with van der Waals surface area (Å²) < 4.78 is 39.2. The van der Waals surface area contributed by atoms with Gasteiger partial charge in [-0.3, -0.25) is 4.79 Å². The first-order valence-electron chi connectivity index (χ1n) is 7.71. The maximum Gasteiger partial charge on any atom is 0.434 e. The number of halogens is 3. The van der Waals surface area contributed by atoms with Crippen LogP contribution in [0.2, 0.25) is 0 Å². The predicted octanol–water partition coefficient (Wildman–Crippen LogP) is 3.84. The molecule has 1 aliphatic rings. The monoisotopic (exact) mass is 319 g/mol. The molecule has 1 aromatic rings. The third-order valence-corrected chi connectivity index (χ3v) is 3.90. The smallest absolute Gasteiger partial charge is 0.368 e. The molecular formula is C15H24F3N3O. The van der Waals surface area contributed by atoms with E-state index in [0.717, 1.165) is 31.9 Å². The molecule has 1 heterocycles. The number of nitrogens with zero attached hydrogens (tertiary/aromatic N) is 2. The highest BCUT2D eigenvalue weighted by Crippen LogP contribution is 2.34. The van der Waals surface area contributed by atoms with Crippen LogP contribution in [0.3, 0.4) is 0 Å². The standard InChI is InChI=1S/C13H18F3N3O.C2H6/c1-8-18-11(13(14,15)16)7-19(8)10(12(17)20)6-9-4-2-3-5-9;1-2/h7,9-10H,2-6H2,1H3,(H2,17,20);1-2H3/t10-;/m0./s1. The first-order valence-corrected chi connectivity index (χ1v) is 7.71. The van der Waals surface area contributed by atoms with Gasteiger partial charge in [0.05, 0.1) is 0 Å². The first kappa shape index (κ1) is 18.5. The Morgan fingerprint density at radius 3 is 2.36 bits per heavy atom. The van der Waals surface area contributed by atoms with Gasteiger partial charge in [0.2, 0.25) is 5.91 Å². The quantitative estimate of drug-likeness (QED) is 0.916. The fourth-order valence-electron chi connectivity index (χ4n) is 2.87. The molecule has 1 aliphatic carbocycles. The van der Waals surface area contributed by atoms with Gasteiger partial charge in [0.25, 0.3) is 0 Å². The number of imidazole rings is 1. The van der Waals surface area contributed by atoms with E-state index < -0.39 is 23.8 Å². The van der Waals surface area contributed by atoms with E-state index in [4.69, 9.17) is 5.73 Å². The van der Waals surface area contributed by atoms with Crippen LogP contribution in [-0.4, -0.2) is 15.5 Å². The number of rotatable bonds is 4. The van der Waals surface area contributed by atoms with Crippen molar-refractivity contribution in [1.29, 1.82) is 0 Å². The lowest BCUT2D eigenvalue weighted by atomic mass is 9.98. The molecule has 0 unspecified atom stereocenters. The van der Waals surface area contributed by atoms with Gasteiger partial charge in [0, 0.05) is 6.20 Å². The van der Waals surface area contributed by atoms with Crippen molar-refractivity contribution in [3.05, 3.63) is 17.7 Å². The summed E-state index contributed by atoms with van der Waals surface area (Å²) in [5.74, 6) is -0.0890. The number of aryl methyl sites for hydroxylation is 1. The maximum absolute atomic E-state index is 12.7. The summed E-state index contributed by atoms with van der Waals surface area (Å²) in [4.78, 5) is 15.1. The Morgan fingerprint density at radius 2 is 1.95 bits per heavy atom. The van der Waals surface area contributed by atoms with Crippen molar-refractivity contribution >= 4 is 5.91 Å². The van der Waals surface area contributed by atoms with Gasteiger partial charge >= 0.3 is 6.18 Å². The van der Waals surface area contributed by atoms with Crippen molar-refractivity contribution in [3.8, 4) is 0 Å². The van der Waals surface area contributed by atoms with Crippen LogP contribution < -0.4 is 5.73 Å². The fourth-order valence-corrected chi connectivity index (χ4v) is 2.87. The fraction of sp³-hybridized carbons (Fsp3) is 0.733. The van der Waals surface area contributed by atoms with Gasteiger partial charge in [-0.05, 0) is 19.3 Å². The zero-order valence-electron chi connectivity index (χ0n) is 13.3. The molecule has 2 N–H and O–H groups in total. The number of hydrogen-bond donors (Lipinski definition) is 1. The Balaban J connectivity index is 0.00000116. The first-order chi connectivity index (χ1) is 10.3. The lowest BCUT2D eigenvalue weighted by Gasteiger charge is -2.20. The molecule has 1 fully saturated rings. The normalized spacial score (nSPS) is 17.0. The van der Waals surface area contributed by atoms with E-state index in [9.17, 15) is 18.0 Å². The number of alkyl halides is 3. The zero-order chi connectivity index (χ0) is 16.9. The predicted molar refractivity (Wildman–Crippen MR) is 78.1 cm³/mol. The molecule has 0 spiro atoms. The summed E-state index contributed by atoms with van der Waals surface area (Å²) in [7, 11) is 0. The van der Waals surface area contributed by atoms with E-state index in [1.54, 1.807) is 0 Å². The van der Waals surface area contributed by atoms with E-state index in [0.29, 0.717) is 12.3 Å². The van der Waals surface area contributed by atoms with Gasteiger partial charge in [-0.15, -0.1) is 0 Å². The number of primary amides is 1. The van der Waals surface area contributed by atoms with Crippen LogP contribution in [0.15, 0.2) is 6.20 Å². The van der Waals surface area contributed by atoms with Gasteiger partial charge < -0.3 is 10.3 Å². The second-order valence-electron chi connectivity index (χ2n) is 5.38. The molecule has 0 bridgehead atoms. The lowest BCUT2D eigenvalue weighted by Crippen LogP contribution is -2.28. The lowest BCUT2D eigenvalue weighted by molar-refractivity contribution is -0.141. The molecule has 22 heavy (non-hydrogen) atoms. The minimum absolute atomic E-state index is 0.166. The number of nitrogens with two attached hydrogens (primary N) is 1. The Hall–Kier alpha value is -1.53. The van der Waals surface area contributed by atoms with Crippen molar-refractivity contribution in [2.24, 2.45) is 11.7 Å². The Kier molecular flexibility index (Phi) is 6.44. The highest BCUT2D eigenvalue weighted by atomic mass is 19.4. The van der Waals surface area contributed by atoms with Crippen LogP contribution in [0.25, 0.3) is 0 Å². The van der Waals surface area contributed by atoms with Crippen molar-refractivity contribution in [1.82, 2.24) is 9.55 Å². The molecule has 4 nitrogen and oxygen atoms in total. The third-order valence-electron chi connectivity index (χ3n) is 3.90. The zero-order valence-corrected chi connectivity index (χ0v) is 13.3. The molecule has 126 valence electrons. The van der Waals surface area contributed by atoms with Gasteiger partial charge in [-0.1, -0.05) is 39.5 Å². The van der Waals surface area contributed by atoms with E-state index in [-0.39, 0.29) is 5.82 Å². The van der Waals surface area contributed by atoms with Crippen LogP contribution in [0.5, 0.6) is 0 Å². The van der Waals surface area contributed by atoms with E-state index in [1.165, 1.54) is 11.5 Å². The number of hydrogen-bond acceptors (Lipinski definition) is 2. The van der Waals surface area contributed by atoms with Crippen LogP contribution in [0, 0.1) is 12.8 Å². The molecule has 0 aliphatic heterocycles.